The van der Waals surface area contributed by atoms with Gasteiger partial charge < -0.3 is 23.4 Å². The van der Waals surface area contributed by atoms with E-state index in [-0.39, 0.29) is 17.1 Å². The number of alkyl halides is 3. The van der Waals surface area contributed by atoms with E-state index in [4.69, 9.17) is 18.6 Å². The van der Waals surface area contributed by atoms with Crippen LogP contribution in [-0.2, 0) is 20.7 Å². The number of hydrogen-bond donors (Lipinski definition) is 1. The van der Waals surface area contributed by atoms with Gasteiger partial charge in [-0.15, -0.1) is 0 Å². The molecule has 1 heterocycles. The number of anilines is 1. The molecule has 0 aliphatic heterocycles. The lowest BCUT2D eigenvalue weighted by Gasteiger charge is -2.16. The Labute approximate surface area is 186 Å². The van der Waals surface area contributed by atoms with Crippen LogP contribution >= 0.6 is 0 Å². The Morgan fingerprint density at radius 1 is 1.12 bits per heavy atom. The van der Waals surface area contributed by atoms with Crippen molar-refractivity contribution in [2.75, 3.05) is 19.2 Å². The Bertz CT molecular complexity index is 1010. The largest absolute Gasteiger partial charge is 0.516 e. The van der Waals surface area contributed by atoms with Crippen LogP contribution in [0.15, 0.2) is 28.8 Å². The molecule has 13 heteroatoms. The first kappa shape index (κ1) is 25.5. The third kappa shape index (κ3) is 8.01. The quantitative estimate of drug-likeness (QED) is 0.358. The van der Waals surface area contributed by atoms with Crippen molar-refractivity contribution < 1.29 is 50.9 Å². The highest BCUT2D eigenvalue weighted by molar-refractivity contribution is 6.05. The fraction of sp³-hybridized carbons (Fsp3) is 0.400. The monoisotopic (exact) mass is 474 g/mol. The Hall–Kier alpha value is -3.77. The molecular weight excluding hydrogens is 453 g/mol. The second-order valence-corrected chi connectivity index (χ2v) is 7.54. The smallest absolute Gasteiger partial charge is 0.497 e. The maximum Gasteiger partial charge on any atom is 0.516 e. The molecule has 0 atom stereocenters. The molecule has 1 amide bonds. The van der Waals surface area contributed by atoms with Crippen LogP contribution in [0, 0.1) is 5.41 Å². The summed E-state index contributed by atoms with van der Waals surface area (Å²) in [6.45, 7) is 4.09. The lowest BCUT2D eigenvalue weighted by Crippen LogP contribution is -2.25. The number of rotatable bonds is 7. The Morgan fingerprint density at radius 3 is 2.42 bits per heavy atom. The zero-order valence-corrected chi connectivity index (χ0v) is 18.1. The summed E-state index contributed by atoms with van der Waals surface area (Å²) < 4.78 is 61.6. The number of halogens is 3. The molecule has 0 fully saturated rings. The molecule has 33 heavy (non-hydrogen) atoms. The molecule has 0 saturated carbocycles. The van der Waals surface area contributed by atoms with E-state index in [1.54, 1.807) is 20.8 Å². The van der Waals surface area contributed by atoms with Gasteiger partial charge in [0.2, 0.25) is 6.79 Å². The van der Waals surface area contributed by atoms with Crippen LogP contribution in [0.25, 0.3) is 0 Å². The third-order valence-corrected chi connectivity index (χ3v) is 3.75. The SMILES string of the molecule is COc1ccc(C(=O)Nc2ncc(CC(F)(F)F)o2)c(OC(=O)OCOC(=O)C(C)(C)C)c1. The summed E-state index contributed by atoms with van der Waals surface area (Å²) in [5.41, 5.74) is -1.03. The number of carbonyl (C=O) groups excluding carboxylic acids is 3. The van der Waals surface area contributed by atoms with E-state index in [1.807, 2.05) is 0 Å². The topological polar surface area (TPSA) is 126 Å². The van der Waals surface area contributed by atoms with Crippen molar-refractivity contribution in [3.05, 3.63) is 35.7 Å². The van der Waals surface area contributed by atoms with E-state index in [9.17, 15) is 27.6 Å². The summed E-state index contributed by atoms with van der Waals surface area (Å²) >= 11 is 0. The van der Waals surface area contributed by atoms with Crippen LogP contribution in [0.5, 0.6) is 11.5 Å². The van der Waals surface area contributed by atoms with Crippen molar-refractivity contribution in [1.29, 1.82) is 0 Å². The molecule has 2 rings (SSSR count). The number of ether oxygens (including phenoxy) is 4. The first-order chi connectivity index (χ1) is 15.3. The number of esters is 1. The molecule has 0 saturated heterocycles. The Kier molecular flexibility index (Phi) is 7.90. The van der Waals surface area contributed by atoms with E-state index in [2.05, 4.69) is 15.0 Å². The molecule has 1 N–H and O–H groups in total. The number of nitrogens with zero attached hydrogens (tertiary/aromatic N) is 1. The summed E-state index contributed by atoms with van der Waals surface area (Å²) in [6.07, 6.45) is -6.34. The summed E-state index contributed by atoms with van der Waals surface area (Å²) in [5, 5.41) is 2.16. The average Bonchev–Trinajstić information content (AvgIpc) is 3.11. The highest BCUT2D eigenvalue weighted by Crippen LogP contribution is 2.27. The van der Waals surface area contributed by atoms with Gasteiger partial charge in [0, 0.05) is 6.07 Å². The van der Waals surface area contributed by atoms with Gasteiger partial charge in [0.1, 0.15) is 17.9 Å². The first-order valence-electron chi connectivity index (χ1n) is 9.31. The summed E-state index contributed by atoms with van der Waals surface area (Å²) in [5.74, 6) is -2.11. The minimum Gasteiger partial charge on any atom is -0.497 e. The van der Waals surface area contributed by atoms with Gasteiger partial charge in [-0.05, 0) is 32.9 Å². The van der Waals surface area contributed by atoms with E-state index in [1.165, 1.54) is 25.3 Å². The summed E-state index contributed by atoms with van der Waals surface area (Å²) in [7, 11) is 1.33. The molecule has 1 aromatic carbocycles. The standard InChI is InChI=1S/C20H21F3N2O8/c1-19(2,3)16(27)30-10-31-18(28)33-14-7-11(29-4)5-6-13(14)15(26)25-17-24-9-12(32-17)8-20(21,22)23/h5-7,9H,8,10H2,1-4H3,(H,24,25,26). The van der Waals surface area contributed by atoms with Gasteiger partial charge in [0.25, 0.3) is 5.91 Å². The first-order valence-corrected chi connectivity index (χ1v) is 9.31. The molecule has 2 aromatic rings. The molecule has 180 valence electrons. The molecule has 1 aromatic heterocycles. The maximum atomic E-state index is 12.5. The second-order valence-electron chi connectivity index (χ2n) is 7.54. The van der Waals surface area contributed by atoms with Gasteiger partial charge in [-0.2, -0.15) is 13.2 Å². The molecule has 0 aliphatic rings. The highest BCUT2D eigenvalue weighted by atomic mass is 19.4. The molecule has 0 aliphatic carbocycles. The van der Waals surface area contributed by atoms with Crippen LogP contribution in [0.4, 0.5) is 24.0 Å². The van der Waals surface area contributed by atoms with Gasteiger partial charge in [-0.1, -0.05) is 0 Å². The third-order valence-electron chi connectivity index (χ3n) is 3.75. The maximum absolute atomic E-state index is 12.5. The number of benzene rings is 1. The van der Waals surface area contributed by atoms with E-state index in [0.717, 1.165) is 6.20 Å². The minimum atomic E-state index is -4.51. The normalized spacial score (nSPS) is 11.5. The van der Waals surface area contributed by atoms with Crippen molar-refractivity contribution in [1.82, 2.24) is 4.98 Å². The number of aromatic nitrogens is 1. The van der Waals surface area contributed by atoms with Crippen LogP contribution < -0.4 is 14.8 Å². The van der Waals surface area contributed by atoms with Gasteiger partial charge in [-0.25, -0.2) is 9.78 Å². The number of methoxy groups -OCH3 is 1. The number of amides is 1. The Morgan fingerprint density at radius 2 is 1.82 bits per heavy atom. The number of hydrogen-bond acceptors (Lipinski definition) is 9. The van der Waals surface area contributed by atoms with Gasteiger partial charge in [0.05, 0.1) is 24.3 Å². The zero-order chi connectivity index (χ0) is 24.8. The molecular formula is C20H21F3N2O8. The summed E-state index contributed by atoms with van der Waals surface area (Å²) in [6, 6.07) is 3.32. The number of carbonyl (C=O) groups is 3. The minimum absolute atomic E-state index is 0.213. The zero-order valence-electron chi connectivity index (χ0n) is 18.1. The van der Waals surface area contributed by atoms with Crippen molar-refractivity contribution in [3.63, 3.8) is 0 Å². The van der Waals surface area contributed by atoms with Crippen LogP contribution in [-0.4, -0.2) is 43.1 Å². The van der Waals surface area contributed by atoms with Crippen LogP contribution in [0.1, 0.15) is 36.9 Å². The number of nitrogens with one attached hydrogen (secondary N) is 1. The van der Waals surface area contributed by atoms with Crippen molar-refractivity contribution in [2.24, 2.45) is 5.41 Å². The van der Waals surface area contributed by atoms with Gasteiger partial charge in [0.15, 0.2) is 5.75 Å². The molecule has 10 nitrogen and oxygen atoms in total. The van der Waals surface area contributed by atoms with Crippen molar-refractivity contribution in [2.45, 2.75) is 33.4 Å². The lowest BCUT2D eigenvalue weighted by molar-refractivity contribution is -0.162. The molecule has 0 spiro atoms. The van der Waals surface area contributed by atoms with Crippen LogP contribution in [0.2, 0.25) is 0 Å². The van der Waals surface area contributed by atoms with E-state index >= 15 is 0 Å². The van der Waals surface area contributed by atoms with E-state index < -0.39 is 54.6 Å². The van der Waals surface area contributed by atoms with Crippen molar-refractivity contribution >= 4 is 24.0 Å². The fourth-order valence-corrected chi connectivity index (χ4v) is 2.18. The van der Waals surface area contributed by atoms with Gasteiger partial charge >= 0.3 is 24.3 Å². The Balaban J connectivity index is 2.08. The number of oxazole rings is 1. The predicted octanol–water partition coefficient (Wildman–Crippen LogP) is 4.10. The van der Waals surface area contributed by atoms with Gasteiger partial charge in [-0.3, -0.25) is 14.9 Å². The van der Waals surface area contributed by atoms with Crippen LogP contribution in [0.3, 0.4) is 0 Å². The van der Waals surface area contributed by atoms with E-state index in [0.29, 0.717) is 0 Å². The second kappa shape index (κ2) is 10.2. The lowest BCUT2D eigenvalue weighted by atomic mass is 9.98. The average molecular weight is 474 g/mol. The molecule has 0 radical (unpaired) electrons. The molecule has 0 bridgehead atoms. The predicted molar refractivity (Wildman–Crippen MR) is 105 cm³/mol. The molecule has 0 unspecified atom stereocenters. The van der Waals surface area contributed by atoms with Crippen molar-refractivity contribution in [3.8, 4) is 11.5 Å². The summed E-state index contributed by atoms with van der Waals surface area (Å²) in [4.78, 5) is 39.8. The highest BCUT2D eigenvalue weighted by Gasteiger charge is 2.30. The fourth-order valence-electron chi connectivity index (χ4n) is 2.18.